The number of aromatic nitrogens is 2. The molecule has 0 saturated heterocycles. The highest BCUT2D eigenvalue weighted by atomic mass is 35.5. The van der Waals surface area contributed by atoms with Gasteiger partial charge in [-0.15, -0.1) is 0 Å². The number of carboxylic acid groups (broad SMARTS) is 1. The molecule has 0 unspecified atom stereocenters. The van der Waals surface area contributed by atoms with Crippen molar-refractivity contribution in [3.8, 4) is 0 Å². The van der Waals surface area contributed by atoms with E-state index in [1.807, 2.05) is 13.8 Å². The largest absolute Gasteiger partial charge is 0.478 e. The molecule has 0 spiro atoms. The number of hydrogen-bond acceptors (Lipinski definition) is 4. The monoisotopic (exact) mass is 371 g/mol. The number of hydrogen-bond donors (Lipinski definition) is 2. The summed E-state index contributed by atoms with van der Waals surface area (Å²) in [4.78, 5) is 11.1. The maximum Gasteiger partial charge on any atom is 0.337 e. The molecule has 1 aromatic heterocycles. The molecule has 0 saturated carbocycles. The lowest BCUT2D eigenvalue weighted by Gasteiger charge is -2.11. The molecular formula is C15H18ClN3O4S. The van der Waals surface area contributed by atoms with Gasteiger partial charge in [-0.1, -0.05) is 11.6 Å². The van der Waals surface area contributed by atoms with Crippen molar-refractivity contribution in [2.75, 3.05) is 4.72 Å². The van der Waals surface area contributed by atoms with Gasteiger partial charge in [0, 0.05) is 6.04 Å². The number of nitrogens with zero attached hydrogens (tertiary/aromatic N) is 2. The van der Waals surface area contributed by atoms with Crippen LogP contribution < -0.4 is 4.72 Å². The zero-order valence-electron chi connectivity index (χ0n) is 13.7. The molecule has 0 amide bonds. The van der Waals surface area contributed by atoms with Crippen molar-refractivity contribution in [3.05, 3.63) is 40.2 Å². The molecule has 0 aliphatic rings. The third-order valence-electron chi connectivity index (χ3n) is 3.47. The molecule has 2 rings (SSSR count). The molecule has 2 aromatic rings. The van der Waals surface area contributed by atoms with Crippen LogP contribution in [0.3, 0.4) is 0 Å². The van der Waals surface area contributed by atoms with Gasteiger partial charge >= 0.3 is 5.97 Å². The highest BCUT2D eigenvalue weighted by molar-refractivity contribution is 7.92. The predicted molar refractivity (Wildman–Crippen MR) is 91.3 cm³/mol. The second-order valence-corrected chi connectivity index (χ2v) is 7.67. The number of rotatable bonds is 5. The van der Waals surface area contributed by atoms with Crippen LogP contribution in [0.25, 0.3) is 0 Å². The first-order valence-electron chi connectivity index (χ1n) is 7.16. The summed E-state index contributed by atoms with van der Waals surface area (Å²) >= 11 is 5.88. The zero-order chi connectivity index (χ0) is 18.2. The van der Waals surface area contributed by atoms with Gasteiger partial charge in [-0.25, -0.2) is 13.2 Å². The summed E-state index contributed by atoms with van der Waals surface area (Å²) in [7, 11) is -3.88. The first-order chi connectivity index (χ1) is 11.0. The van der Waals surface area contributed by atoms with Crippen molar-refractivity contribution >= 4 is 33.3 Å². The molecule has 2 N–H and O–H groups in total. The summed E-state index contributed by atoms with van der Waals surface area (Å²) in [5.41, 5.74) is 1.01. The minimum absolute atomic E-state index is 0.0249. The van der Waals surface area contributed by atoms with Crippen LogP contribution in [0.2, 0.25) is 5.02 Å². The standard InChI is InChI=1S/C15H18ClN3O4S/c1-8(2)19-10(4)14(9(3)17-19)24(22,23)18-11-5-6-12(15(20)21)13(16)7-11/h5-8,18H,1-4H3,(H,20,21). The van der Waals surface area contributed by atoms with E-state index in [0.717, 1.165) is 0 Å². The van der Waals surface area contributed by atoms with Gasteiger partial charge in [-0.2, -0.15) is 5.10 Å². The SMILES string of the molecule is Cc1nn(C(C)C)c(C)c1S(=O)(=O)Nc1ccc(C(=O)O)c(Cl)c1. The van der Waals surface area contributed by atoms with E-state index in [2.05, 4.69) is 9.82 Å². The first-order valence-corrected chi connectivity index (χ1v) is 9.02. The predicted octanol–water partition coefficient (Wildman–Crippen LogP) is 3.23. The second kappa shape index (κ2) is 6.45. The molecule has 130 valence electrons. The van der Waals surface area contributed by atoms with Crippen molar-refractivity contribution < 1.29 is 18.3 Å². The third-order valence-corrected chi connectivity index (χ3v) is 5.41. The average Bonchev–Trinajstić information content (AvgIpc) is 2.73. The number of sulfonamides is 1. The Morgan fingerprint density at radius 2 is 1.96 bits per heavy atom. The van der Waals surface area contributed by atoms with E-state index in [4.69, 9.17) is 16.7 Å². The van der Waals surface area contributed by atoms with Gasteiger partial charge in [0.05, 0.1) is 27.7 Å². The van der Waals surface area contributed by atoms with E-state index < -0.39 is 16.0 Å². The van der Waals surface area contributed by atoms with Gasteiger partial charge in [0.15, 0.2) is 0 Å². The summed E-state index contributed by atoms with van der Waals surface area (Å²) in [5, 5.41) is 13.2. The second-order valence-electron chi connectivity index (χ2n) is 5.64. The van der Waals surface area contributed by atoms with Crippen molar-refractivity contribution in [1.82, 2.24) is 9.78 Å². The summed E-state index contributed by atoms with van der Waals surface area (Å²) in [6.45, 7) is 7.14. The number of anilines is 1. The Kier molecular flexibility index (Phi) is 4.91. The third kappa shape index (κ3) is 3.39. The Morgan fingerprint density at radius 3 is 2.42 bits per heavy atom. The van der Waals surface area contributed by atoms with Crippen LogP contribution in [-0.4, -0.2) is 29.3 Å². The molecule has 0 bridgehead atoms. The first kappa shape index (κ1) is 18.3. The molecule has 24 heavy (non-hydrogen) atoms. The number of benzene rings is 1. The van der Waals surface area contributed by atoms with Gasteiger partial charge in [-0.3, -0.25) is 9.40 Å². The summed E-state index contributed by atoms with van der Waals surface area (Å²) < 4.78 is 29.4. The fraction of sp³-hybridized carbons (Fsp3) is 0.333. The lowest BCUT2D eigenvalue weighted by atomic mass is 10.2. The number of aryl methyl sites for hydroxylation is 1. The Bertz CT molecular complexity index is 904. The normalized spacial score (nSPS) is 11.8. The number of halogens is 1. The van der Waals surface area contributed by atoms with Crippen LogP contribution in [-0.2, 0) is 10.0 Å². The maximum atomic E-state index is 12.7. The number of carbonyl (C=O) groups is 1. The maximum absolute atomic E-state index is 12.7. The smallest absolute Gasteiger partial charge is 0.337 e. The van der Waals surface area contributed by atoms with Crippen molar-refractivity contribution in [2.24, 2.45) is 0 Å². The molecule has 1 aromatic carbocycles. The van der Waals surface area contributed by atoms with Crippen LogP contribution >= 0.6 is 11.6 Å². The van der Waals surface area contributed by atoms with E-state index >= 15 is 0 Å². The molecule has 9 heteroatoms. The number of aromatic carboxylic acids is 1. The minimum atomic E-state index is -3.88. The number of carboxylic acids is 1. The van der Waals surface area contributed by atoms with E-state index in [1.165, 1.54) is 18.2 Å². The van der Waals surface area contributed by atoms with E-state index in [9.17, 15) is 13.2 Å². The van der Waals surface area contributed by atoms with Gasteiger partial charge < -0.3 is 5.11 Å². The topological polar surface area (TPSA) is 101 Å². The molecule has 0 radical (unpaired) electrons. The lowest BCUT2D eigenvalue weighted by molar-refractivity contribution is 0.0697. The molecule has 0 atom stereocenters. The Balaban J connectivity index is 2.43. The van der Waals surface area contributed by atoms with Gasteiger partial charge in [0.1, 0.15) is 4.90 Å². The summed E-state index contributed by atoms with van der Waals surface area (Å²) in [6, 6.07) is 3.89. The van der Waals surface area contributed by atoms with E-state index in [0.29, 0.717) is 11.4 Å². The Labute approximate surface area is 145 Å². The summed E-state index contributed by atoms with van der Waals surface area (Å²) in [5.74, 6) is -1.18. The fourth-order valence-electron chi connectivity index (χ4n) is 2.50. The van der Waals surface area contributed by atoms with Gasteiger partial charge in [0.2, 0.25) is 0 Å². The van der Waals surface area contributed by atoms with Gasteiger partial charge in [0.25, 0.3) is 10.0 Å². The highest BCUT2D eigenvalue weighted by Crippen LogP contribution is 2.27. The van der Waals surface area contributed by atoms with Gasteiger partial charge in [-0.05, 0) is 45.9 Å². The van der Waals surface area contributed by atoms with Crippen molar-refractivity contribution in [2.45, 2.75) is 38.6 Å². The highest BCUT2D eigenvalue weighted by Gasteiger charge is 2.25. The van der Waals surface area contributed by atoms with Crippen LogP contribution in [0.15, 0.2) is 23.1 Å². The Morgan fingerprint density at radius 1 is 1.33 bits per heavy atom. The average molecular weight is 372 g/mol. The summed E-state index contributed by atoms with van der Waals surface area (Å²) in [6.07, 6.45) is 0. The van der Waals surface area contributed by atoms with Crippen LogP contribution in [0.4, 0.5) is 5.69 Å². The molecule has 7 nitrogen and oxygen atoms in total. The lowest BCUT2D eigenvalue weighted by Crippen LogP contribution is -2.15. The molecular weight excluding hydrogens is 354 g/mol. The van der Waals surface area contributed by atoms with Crippen LogP contribution in [0.5, 0.6) is 0 Å². The van der Waals surface area contributed by atoms with Crippen LogP contribution in [0.1, 0.15) is 41.6 Å². The quantitative estimate of drug-likeness (QED) is 0.840. The van der Waals surface area contributed by atoms with Crippen molar-refractivity contribution in [3.63, 3.8) is 0 Å². The molecule has 0 aliphatic carbocycles. The van der Waals surface area contributed by atoms with Crippen LogP contribution in [0, 0.1) is 13.8 Å². The Hall–Kier alpha value is -2.06. The fourth-order valence-corrected chi connectivity index (χ4v) is 4.21. The number of nitrogens with one attached hydrogen (secondary N) is 1. The molecule has 0 fully saturated rings. The van der Waals surface area contributed by atoms with E-state index in [-0.39, 0.29) is 27.2 Å². The zero-order valence-corrected chi connectivity index (χ0v) is 15.2. The minimum Gasteiger partial charge on any atom is -0.478 e. The molecule has 0 aliphatic heterocycles. The van der Waals surface area contributed by atoms with E-state index in [1.54, 1.807) is 18.5 Å². The van der Waals surface area contributed by atoms with Crippen molar-refractivity contribution in [1.29, 1.82) is 0 Å². The molecule has 1 heterocycles.